The molecule has 0 aromatic rings. The number of rotatable bonds is 5. The summed E-state index contributed by atoms with van der Waals surface area (Å²) in [6.07, 6.45) is 2.74. The first kappa shape index (κ1) is 19.7. The van der Waals surface area contributed by atoms with Gasteiger partial charge in [-0.1, -0.05) is 31.3 Å². The number of hydrogen-bond acceptors (Lipinski definition) is 4. The number of carboxylic acids is 1. The largest absolute Gasteiger partial charge is 0.478 e. The standard InChI is InChI=1S/C7H10O3.C4H6O2.C2H3Cl/c1-5(7(8)9)2-3-6-4-10-6;1-3-6-4(2)5;1-2-3/h6H,1-4H2,(H,8,9);3H,1H2,2H3;2H,1H2. The van der Waals surface area contributed by atoms with E-state index < -0.39 is 5.97 Å². The van der Waals surface area contributed by atoms with Crippen LogP contribution in [0.25, 0.3) is 0 Å². The molecule has 1 atom stereocenters. The van der Waals surface area contributed by atoms with E-state index in [0.29, 0.717) is 12.5 Å². The Kier molecular flexibility index (Phi) is 13.4. The summed E-state index contributed by atoms with van der Waals surface area (Å²) in [6.45, 7) is 11.8. The van der Waals surface area contributed by atoms with Crippen molar-refractivity contribution in [3.05, 3.63) is 37.1 Å². The lowest BCUT2D eigenvalue weighted by Gasteiger charge is -1.95. The van der Waals surface area contributed by atoms with Gasteiger partial charge in [0.15, 0.2) is 0 Å². The molecular weight excluding hydrogens is 272 g/mol. The van der Waals surface area contributed by atoms with Crippen molar-refractivity contribution in [3.63, 3.8) is 0 Å². The van der Waals surface area contributed by atoms with Crippen molar-refractivity contribution >= 4 is 23.5 Å². The molecule has 19 heavy (non-hydrogen) atoms. The Morgan fingerprint density at radius 2 is 2.00 bits per heavy atom. The summed E-state index contributed by atoms with van der Waals surface area (Å²) in [7, 11) is 0. The van der Waals surface area contributed by atoms with Crippen molar-refractivity contribution in [3.8, 4) is 0 Å². The van der Waals surface area contributed by atoms with Crippen LogP contribution in [-0.2, 0) is 19.1 Å². The molecule has 0 aromatic heterocycles. The fraction of sp³-hybridized carbons (Fsp3) is 0.385. The molecule has 1 aliphatic rings. The second-order valence-electron chi connectivity index (χ2n) is 3.33. The lowest BCUT2D eigenvalue weighted by atomic mass is 10.1. The molecule has 1 heterocycles. The Balaban J connectivity index is 0. The van der Waals surface area contributed by atoms with Crippen molar-refractivity contribution in [1.82, 2.24) is 0 Å². The zero-order chi connectivity index (χ0) is 15.3. The molecule has 5 nitrogen and oxygen atoms in total. The number of carbonyl (C=O) groups excluding carboxylic acids is 1. The maximum absolute atomic E-state index is 10.2. The van der Waals surface area contributed by atoms with E-state index in [1.807, 2.05) is 0 Å². The summed E-state index contributed by atoms with van der Waals surface area (Å²) in [5.74, 6) is -1.23. The Hall–Kier alpha value is -1.59. The van der Waals surface area contributed by atoms with E-state index in [9.17, 15) is 9.59 Å². The zero-order valence-electron chi connectivity index (χ0n) is 10.9. The highest BCUT2D eigenvalue weighted by molar-refractivity contribution is 6.25. The first-order chi connectivity index (χ1) is 8.88. The van der Waals surface area contributed by atoms with Crippen molar-refractivity contribution in [1.29, 1.82) is 0 Å². The van der Waals surface area contributed by atoms with Crippen LogP contribution in [0.1, 0.15) is 19.8 Å². The van der Waals surface area contributed by atoms with E-state index in [1.165, 1.54) is 12.5 Å². The van der Waals surface area contributed by atoms with E-state index in [-0.39, 0.29) is 11.5 Å². The molecule has 0 radical (unpaired) electrons. The van der Waals surface area contributed by atoms with E-state index in [1.54, 1.807) is 0 Å². The van der Waals surface area contributed by atoms with Crippen LogP contribution >= 0.6 is 11.6 Å². The van der Waals surface area contributed by atoms with Crippen LogP contribution in [0.3, 0.4) is 0 Å². The van der Waals surface area contributed by atoms with E-state index in [0.717, 1.165) is 19.3 Å². The molecule has 0 aliphatic carbocycles. The van der Waals surface area contributed by atoms with Crippen LogP contribution < -0.4 is 0 Å². The lowest BCUT2D eigenvalue weighted by molar-refractivity contribution is -0.135. The topological polar surface area (TPSA) is 76.1 Å². The Labute approximate surface area is 118 Å². The van der Waals surface area contributed by atoms with Crippen LogP contribution in [0.5, 0.6) is 0 Å². The molecule has 1 aliphatic heterocycles. The maximum Gasteiger partial charge on any atom is 0.330 e. The predicted molar refractivity (Wildman–Crippen MR) is 73.8 cm³/mol. The highest BCUT2D eigenvalue weighted by Crippen LogP contribution is 2.17. The average Bonchev–Trinajstić information content (AvgIpc) is 3.11. The number of carbonyl (C=O) groups is 2. The Morgan fingerprint density at radius 1 is 1.53 bits per heavy atom. The zero-order valence-corrected chi connectivity index (χ0v) is 11.7. The van der Waals surface area contributed by atoms with Gasteiger partial charge in [0, 0.05) is 12.5 Å². The number of hydrogen-bond donors (Lipinski definition) is 1. The third-order valence-corrected chi connectivity index (χ3v) is 1.72. The average molecular weight is 291 g/mol. The van der Waals surface area contributed by atoms with Crippen molar-refractivity contribution in [2.45, 2.75) is 25.9 Å². The summed E-state index contributed by atoms with van der Waals surface area (Å²) in [4.78, 5) is 19.9. The monoisotopic (exact) mass is 290 g/mol. The van der Waals surface area contributed by atoms with Gasteiger partial charge in [0.2, 0.25) is 0 Å². The number of esters is 1. The molecule has 0 amide bonds. The van der Waals surface area contributed by atoms with Gasteiger partial charge in [0.05, 0.1) is 19.0 Å². The fourth-order valence-corrected chi connectivity index (χ4v) is 0.794. The molecule has 108 valence electrons. The lowest BCUT2D eigenvalue weighted by Crippen LogP contribution is -1.99. The van der Waals surface area contributed by atoms with Crippen molar-refractivity contribution in [2.24, 2.45) is 0 Å². The van der Waals surface area contributed by atoms with Gasteiger partial charge < -0.3 is 14.6 Å². The van der Waals surface area contributed by atoms with E-state index >= 15 is 0 Å². The van der Waals surface area contributed by atoms with Crippen LogP contribution in [0.4, 0.5) is 0 Å². The third kappa shape index (κ3) is 18.9. The smallest absolute Gasteiger partial charge is 0.330 e. The molecule has 6 heteroatoms. The molecule has 1 rings (SSSR count). The first-order valence-electron chi connectivity index (χ1n) is 5.40. The fourth-order valence-electron chi connectivity index (χ4n) is 0.794. The van der Waals surface area contributed by atoms with Crippen molar-refractivity contribution in [2.75, 3.05) is 6.61 Å². The molecule has 1 N–H and O–H groups in total. The number of epoxide rings is 1. The molecule has 0 aromatic carbocycles. The normalized spacial score (nSPS) is 14.5. The van der Waals surface area contributed by atoms with Gasteiger partial charge in [0.1, 0.15) is 0 Å². The minimum atomic E-state index is -0.902. The van der Waals surface area contributed by atoms with Crippen molar-refractivity contribution < 1.29 is 24.2 Å². The molecular formula is C13H19ClO5. The SMILES string of the molecule is C=C(CCC1CO1)C(=O)O.C=CCl.C=COC(C)=O. The molecule has 1 fully saturated rings. The van der Waals surface area contributed by atoms with Gasteiger partial charge >= 0.3 is 11.9 Å². The van der Waals surface area contributed by atoms with Crippen LogP contribution in [0.2, 0.25) is 0 Å². The maximum atomic E-state index is 10.2. The molecule has 0 spiro atoms. The van der Waals surface area contributed by atoms with Crippen LogP contribution in [0, 0.1) is 0 Å². The number of carboxylic acid groups (broad SMARTS) is 1. The van der Waals surface area contributed by atoms with E-state index in [2.05, 4.69) is 24.5 Å². The number of aliphatic carboxylic acids is 1. The van der Waals surface area contributed by atoms with Gasteiger partial charge in [-0.15, -0.1) is 0 Å². The van der Waals surface area contributed by atoms with Crippen LogP contribution in [-0.4, -0.2) is 29.8 Å². The third-order valence-electron chi connectivity index (χ3n) is 1.72. The van der Waals surface area contributed by atoms with Gasteiger partial charge in [-0.2, -0.15) is 0 Å². The molecule has 1 unspecified atom stereocenters. The minimum Gasteiger partial charge on any atom is -0.478 e. The van der Waals surface area contributed by atoms with Crippen LogP contribution in [0.15, 0.2) is 37.1 Å². The van der Waals surface area contributed by atoms with Gasteiger partial charge in [-0.3, -0.25) is 4.79 Å². The second kappa shape index (κ2) is 12.9. The molecule has 0 saturated carbocycles. The summed E-state index contributed by atoms with van der Waals surface area (Å²) in [5, 5.41) is 8.37. The van der Waals surface area contributed by atoms with E-state index in [4.69, 9.17) is 21.4 Å². The Morgan fingerprint density at radius 3 is 2.21 bits per heavy atom. The molecule has 0 bridgehead atoms. The second-order valence-corrected chi connectivity index (χ2v) is 3.64. The van der Waals surface area contributed by atoms with Gasteiger partial charge in [-0.05, 0) is 18.4 Å². The summed E-state index contributed by atoms with van der Waals surface area (Å²) in [6, 6.07) is 0. The Bertz CT molecular complexity index is 321. The summed E-state index contributed by atoms with van der Waals surface area (Å²) in [5.41, 5.74) is 1.50. The quantitative estimate of drug-likeness (QED) is 0.365. The summed E-state index contributed by atoms with van der Waals surface area (Å²) < 4.78 is 9.07. The highest BCUT2D eigenvalue weighted by Gasteiger charge is 2.22. The number of halogens is 1. The minimum absolute atomic E-state index is 0.274. The predicted octanol–water partition coefficient (Wildman–Crippen LogP) is 2.87. The first-order valence-corrected chi connectivity index (χ1v) is 5.84. The molecule has 1 saturated heterocycles. The highest BCUT2D eigenvalue weighted by atomic mass is 35.5. The number of ether oxygens (including phenoxy) is 2. The van der Waals surface area contributed by atoms with Gasteiger partial charge in [-0.25, -0.2) is 4.79 Å². The van der Waals surface area contributed by atoms with Gasteiger partial charge in [0.25, 0.3) is 0 Å². The summed E-state index contributed by atoms with van der Waals surface area (Å²) >= 11 is 4.76.